The molecule has 4 nitrogen and oxygen atoms in total. The van der Waals surface area contributed by atoms with Crippen LogP contribution in [0.4, 0.5) is 0 Å². The standard InChI is InChI=1S/C17H30N2O2/c1-12(2)9-10-18-16(20)14-11-15(14)17(21)19-13-7-5-3-4-6-8-13/h12-15H,3-11H2,1-2H3,(H,18,20)(H,19,21). The average Bonchev–Trinajstić information content (AvgIpc) is 3.23. The fourth-order valence-electron chi connectivity index (χ4n) is 3.12. The van der Waals surface area contributed by atoms with Gasteiger partial charge in [0.1, 0.15) is 0 Å². The number of amides is 2. The highest BCUT2D eigenvalue weighted by molar-refractivity contribution is 5.92. The second-order valence-electron chi connectivity index (χ2n) is 7.12. The van der Waals surface area contributed by atoms with Crippen molar-refractivity contribution in [2.24, 2.45) is 17.8 Å². The summed E-state index contributed by atoms with van der Waals surface area (Å²) in [6, 6.07) is 0.338. The van der Waals surface area contributed by atoms with Crippen LogP contribution < -0.4 is 10.6 Å². The first-order valence-corrected chi connectivity index (χ1v) is 8.66. The minimum atomic E-state index is -0.0806. The van der Waals surface area contributed by atoms with Gasteiger partial charge in [-0.1, -0.05) is 39.5 Å². The first-order valence-electron chi connectivity index (χ1n) is 8.66. The molecule has 2 aliphatic rings. The lowest BCUT2D eigenvalue weighted by atomic mass is 10.1. The average molecular weight is 294 g/mol. The van der Waals surface area contributed by atoms with Crippen LogP contribution in [0.2, 0.25) is 0 Å². The Bertz CT molecular complexity index is 360. The highest BCUT2D eigenvalue weighted by Gasteiger charge is 2.48. The van der Waals surface area contributed by atoms with Crippen LogP contribution in [-0.4, -0.2) is 24.4 Å². The summed E-state index contributed by atoms with van der Waals surface area (Å²) in [6.07, 6.45) is 8.94. The lowest BCUT2D eigenvalue weighted by molar-refractivity contribution is -0.127. The third-order valence-electron chi connectivity index (χ3n) is 4.69. The van der Waals surface area contributed by atoms with Crippen LogP contribution >= 0.6 is 0 Å². The molecule has 2 rings (SSSR count). The first-order chi connectivity index (χ1) is 10.1. The van der Waals surface area contributed by atoms with Gasteiger partial charge < -0.3 is 10.6 Å². The summed E-state index contributed by atoms with van der Waals surface area (Å²) in [6.45, 7) is 5.02. The number of carbonyl (C=O) groups excluding carboxylic acids is 2. The van der Waals surface area contributed by atoms with E-state index < -0.39 is 0 Å². The molecule has 0 aromatic carbocycles. The summed E-state index contributed by atoms with van der Waals surface area (Å²) < 4.78 is 0. The highest BCUT2D eigenvalue weighted by atomic mass is 16.2. The summed E-state index contributed by atoms with van der Waals surface area (Å²) in [5.74, 6) is 0.608. The van der Waals surface area contributed by atoms with Crippen LogP contribution in [0.15, 0.2) is 0 Å². The predicted octanol–water partition coefficient (Wildman–Crippen LogP) is 2.62. The van der Waals surface area contributed by atoms with Crippen molar-refractivity contribution in [2.45, 2.75) is 71.3 Å². The number of hydrogen-bond donors (Lipinski definition) is 2. The van der Waals surface area contributed by atoms with Gasteiger partial charge >= 0.3 is 0 Å². The fraction of sp³-hybridized carbons (Fsp3) is 0.882. The lowest BCUT2D eigenvalue weighted by Crippen LogP contribution is -2.37. The minimum Gasteiger partial charge on any atom is -0.356 e. The molecule has 0 heterocycles. The molecule has 2 saturated carbocycles. The number of carbonyl (C=O) groups is 2. The Morgan fingerprint density at radius 2 is 1.62 bits per heavy atom. The van der Waals surface area contributed by atoms with Crippen molar-refractivity contribution in [3.05, 3.63) is 0 Å². The van der Waals surface area contributed by atoms with Gasteiger partial charge in [-0.15, -0.1) is 0 Å². The molecule has 2 N–H and O–H groups in total. The van der Waals surface area contributed by atoms with Gasteiger partial charge in [-0.05, 0) is 31.6 Å². The van der Waals surface area contributed by atoms with E-state index in [-0.39, 0.29) is 23.7 Å². The molecule has 0 spiro atoms. The molecule has 2 amide bonds. The van der Waals surface area contributed by atoms with Gasteiger partial charge in [-0.2, -0.15) is 0 Å². The van der Waals surface area contributed by atoms with Crippen molar-refractivity contribution in [3.63, 3.8) is 0 Å². The molecule has 2 fully saturated rings. The number of nitrogens with one attached hydrogen (secondary N) is 2. The maximum atomic E-state index is 12.2. The van der Waals surface area contributed by atoms with E-state index in [0.717, 1.165) is 32.2 Å². The predicted molar refractivity (Wildman–Crippen MR) is 83.7 cm³/mol. The van der Waals surface area contributed by atoms with E-state index in [1.807, 2.05) is 0 Å². The van der Waals surface area contributed by atoms with Crippen molar-refractivity contribution < 1.29 is 9.59 Å². The molecule has 0 radical (unpaired) electrons. The zero-order valence-corrected chi connectivity index (χ0v) is 13.5. The highest BCUT2D eigenvalue weighted by Crippen LogP contribution is 2.39. The van der Waals surface area contributed by atoms with Gasteiger partial charge in [-0.25, -0.2) is 0 Å². The SMILES string of the molecule is CC(C)CCNC(=O)C1CC1C(=O)NC1CCCCCC1. The third kappa shape index (κ3) is 5.33. The first kappa shape index (κ1) is 16.3. The Balaban J connectivity index is 1.67. The second-order valence-corrected chi connectivity index (χ2v) is 7.12. The molecule has 2 unspecified atom stereocenters. The minimum absolute atomic E-state index is 0.0664. The topological polar surface area (TPSA) is 58.2 Å². The maximum Gasteiger partial charge on any atom is 0.224 e. The van der Waals surface area contributed by atoms with Gasteiger partial charge in [0, 0.05) is 12.6 Å². The Morgan fingerprint density at radius 3 is 2.24 bits per heavy atom. The molecule has 0 aromatic rings. The lowest BCUT2D eigenvalue weighted by Gasteiger charge is -2.16. The van der Waals surface area contributed by atoms with E-state index in [4.69, 9.17) is 0 Å². The van der Waals surface area contributed by atoms with Crippen LogP contribution in [0.3, 0.4) is 0 Å². The van der Waals surface area contributed by atoms with Crippen LogP contribution in [0.5, 0.6) is 0 Å². The van der Waals surface area contributed by atoms with Crippen molar-refractivity contribution in [3.8, 4) is 0 Å². The van der Waals surface area contributed by atoms with Crippen LogP contribution in [0.1, 0.15) is 65.2 Å². The van der Waals surface area contributed by atoms with Gasteiger partial charge in [0.15, 0.2) is 0 Å². The molecule has 0 bridgehead atoms. The van der Waals surface area contributed by atoms with E-state index in [0.29, 0.717) is 12.0 Å². The fourth-order valence-corrected chi connectivity index (χ4v) is 3.12. The summed E-state index contributed by atoms with van der Waals surface area (Å²) in [4.78, 5) is 24.1. The summed E-state index contributed by atoms with van der Waals surface area (Å²) in [5, 5.41) is 6.12. The van der Waals surface area contributed by atoms with Crippen molar-refractivity contribution in [1.29, 1.82) is 0 Å². The molecule has 0 aromatic heterocycles. The molecule has 0 aliphatic heterocycles. The van der Waals surface area contributed by atoms with E-state index >= 15 is 0 Å². The summed E-state index contributed by atoms with van der Waals surface area (Å²) in [7, 11) is 0. The largest absolute Gasteiger partial charge is 0.356 e. The normalized spacial score (nSPS) is 26.2. The van der Waals surface area contributed by atoms with Gasteiger partial charge in [0.2, 0.25) is 11.8 Å². The van der Waals surface area contributed by atoms with E-state index in [1.165, 1.54) is 25.7 Å². The molecule has 4 heteroatoms. The Kier molecular flexibility index (Phi) is 6.07. The second kappa shape index (κ2) is 7.81. The van der Waals surface area contributed by atoms with Crippen molar-refractivity contribution in [1.82, 2.24) is 10.6 Å². The summed E-state index contributed by atoms with van der Waals surface area (Å²) >= 11 is 0. The molecule has 0 saturated heterocycles. The molecular weight excluding hydrogens is 264 g/mol. The quantitative estimate of drug-likeness (QED) is 0.740. The molecule has 21 heavy (non-hydrogen) atoms. The third-order valence-corrected chi connectivity index (χ3v) is 4.69. The molecule has 2 atom stereocenters. The van der Waals surface area contributed by atoms with Crippen LogP contribution in [0, 0.1) is 17.8 Å². The number of hydrogen-bond acceptors (Lipinski definition) is 2. The number of rotatable bonds is 6. The zero-order valence-electron chi connectivity index (χ0n) is 13.5. The van der Waals surface area contributed by atoms with E-state index in [2.05, 4.69) is 24.5 Å². The maximum absolute atomic E-state index is 12.2. The molecule has 120 valence electrons. The van der Waals surface area contributed by atoms with E-state index in [1.54, 1.807) is 0 Å². The van der Waals surface area contributed by atoms with Crippen molar-refractivity contribution >= 4 is 11.8 Å². The van der Waals surface area contributed by atoms with Gasteiger partial charge in [0.25, 0.3) is 0 Å². The summed E-state index contributed by atoms with van der Waals surface area (Å²) in [5.41, 5.74) is 0. The van der Waals surface area contributed by atoms with E-state index in [9.17, 15) is 9.59 Å². The Morgan fingerprint density at radius 1 is 1.00 bits per heavy atom. The Hall–Kier alpha value is -1.06. The zero-order chi connectivity index (χ0) is 15.2. The smallest absolute Gasteiger partial charge is 0.224 e. The molecule has 2 aliphatic carbocycles. The van der Waals surface area contributed by atoms with Crippen LogP contribution in [-0.2, 0) is 9.59 Å². The monoisotopic (exact) mass is 294 g/mol. The molecular formula is C17H30N2O2. The van der Waals surface area contributed by atoms with Gasteiger partial charge in [-0.3, -0.25) is 9.59 Å². The van der Waals surface area contributed by atoms with Crippen LogP contribution in [0.25, 0.3) is 0 Å². The van der Waals surface area contributed by atoms with Crippen molar-refractivity contribution in [2.75, 3.05) is 6.54 Å². The van der Waals surface area contributed by atoms with Gasteiger partial charge in [0.05, 0.1) is 11.8 Å². The Labute approximate surface area is 128 Å².